The van der Waals surface area contributed by atoms with E-state index < -0.39 is 0 Å². The van der Waals surface area contributed by atoms with Crippen molar-refractivity contribution in [1.82, 2.24) is 0 Å². The van der Waals surface area contributed by atoms with Crippen LogP contribution in [0.2, 0.25) is 0 Å². The van der Waals surface area contributed by atoms with Crippen molar-refractivity contribution in [2.75, 3.05) is 0 Å². The normalized spacial score (nSPS) is 11.0. The third-order valence-corrected chi connectivity index (χ3v) is 3.77. The summed E-state index contributed by atoms with van der Waals surface area (Å²) in [5.41, 5.74) is 2.36. The van der Waals surface area contributed by atoms with Crippen LogP contribution in [0.4, 0.5) is 0 Å². The molecule has 4 aromatic carbocycles. The van der Waals surface area contributed by atoms with Crippen molar-refractivity contribution in [3.8, 4) is 11.1 Å². The minimum absolute atomic E-state index is 1.14. The molecule has 0 amide bonds. The van der Waals surface area contributed by atoms with Gasteiger partial charge in [-0.1, -0.05) is 72.8 Å². The molecule has 0 aliphatic carbocycles. The molecule has 4 aromatic rings. The van der Waals surface area contributed by atoms with Gasteiger partial charge in [-0.3, -0.25) is 0 Å². The molecule has 0 heterocycles. The second-order valence-corrected chi connectivity index (χ2v) is 5.00. The third kappa shape index (κ3) is 1.78. The number of rotatable bonds is 1. The quantitative estimate of drug-likeness (QED) is 0.395. The summed E-state index contributed by atoms with van der Waals surface area (Å²) in [5, 5.41) is 5.18. The van der Waals surface area contributed by atoms with E-state index in [9.17, 15) is 0 Å². The van der Waals surface area contributed by atoms with Crippen LogP contribution >= 0.6 is 0 Å². The molecule has 0 aliphatic heterocycles. The van der Waals surface area contributed by atoms with Gasteiger partial charge in [-0.15, -0.1) is 0 Å². The molecule has 0 aromatic heterocycles. The van der Waals surface area contributed by atoms with Crippen LogP contribution < -0.4 is 0 Å². The van der Waals surface area contributed by atoms with Crippen LogP contribution in [0.3, 0.4) is 0 Å². The van der Waals surface area contributed by atoms with E-state index in [1.54, 1.807) is 0 Å². The minimum atomic E-state index is 1.14. The standard InChI is InChI=1S/C20H13/c1-2-6-15(7-3-1)18-13-12-17-11-10-16-8-4-5-9-19(16)20(17)14-18/h1-6,8-14H. The summed E-state index contributed by atoms with van der Waals surface area (Å²) in [6.07, 6.45) is 0. The molecule has 0 unspecified atom stereocenters. The molecular formula is C20H13. The molecule has 4 rings (SSSR count). The van der Waals surface area contributed by atoms with Crippen molar-refractivity contribution in [3.05, 3.63) is 84.9 Å². The lowest BCUT2D eigenvalue weighted by Gasteiger charge is -2.07. The SMILES string of the molecule is [c]1ccccc1-c1ccc2ccc3ccccc3c2c1. The van der Waals surface area contributed by atoms with Gasteiger partial charge in [0.05, 0.1) is 0 Å². The van der Waals surface area contributed by atoms with Crippen molar-refractivity contribution >= 4 is 21.5 Å². The monoisotopic (exact) mass is 253 g/mol. The van der Waals surface area contributed by atoms with Crippen molar-refractivity contribution in [2.24, 2.45) is 0 Å². The minimum Gasteiger partial charge on any atom is -0.0616 e. The van der Waals surface area contributed by atoms with Gasteiger partial charge in [-0.2, -0.15) is 0 Å². The highest BCUT2D eigenvalue weighted by Crippen LogP contribution is 2.29. The van der Waals surface area contributed by atoms with Crippen molar-refractivity contribution < 1.29 is 0 Å². The van der Waals surface area contributed by atoms with Gasteiger partial charge in [0.25, 0.3) is 0 Å². The zero-order chi connectivity index (χ0) is 13.4. The van der Waals surface area contributed by atoms with Crippen molar-refractivity contribution in [3.63, 3.8) is 0 Å². The number of hydrogen-bond donors (Lipinski definition) is 0. The molecule has 93 valence electrons. The average Bonchev–Trinajstić information content (AvgIpc) is 2.55. The lowest BCUT2D eigenvalue weighted by Crippen LogP contribution is -1.81. The first-order valence-corrected chi connectivity index (χ1v) is 6.80. The molecule has 0 atom stereocenters. The Morgan fingerprint density at radius 2 is 1.35 bits per heavy atom. The second-order valence-electron chi connectivity index (χ2n) is 5.00. The first kappa shape index (κ1) is 11.2. The van der Waals surface area contributed by atoms with Gasteiger partial charge in [-0.05, 0) is 44.8 Å². The highest BCUT2D eigenvalue weighted by molar-refractivity contribution is 6.08. The van der Waals surface area contributed by atoms with Gasteiger partial charge < -0.3 is 0 Å². The Balaban J connectivity index is 2.05. The van der Waals surface area contributed by atoms with E-state index in [2.05, 4.69) is 72.8 Å². The van der Waals surface area contributed by atoms with Crippen molar-refractivity contribution in [1.29, 1.82) is 0 Å². The molecule has 0 fully saturated rings. The smallest absolute Gasteiger partial charge is 0.00992 e. The number of hydrogen-bond acceptors (Lipinski definition) is 0. The maximum absolute atomic E-state index is 3.30. The lowest BCUT2D eigenvalue weighted by molar-refractivity contribution is 1.64. The first-order valence-electron chi connectivity index (χ1n) is 6.80. The first-order chi connectivity index (χ1) is 9.92. The summed E-state index contributed by atoms with van der Waals surface area (Å²) in [6.45, 7) is 0. The van der Waals surface area contributed by atoms with Gasteiger partial charge in [0.1, 0.15) is 0 Å². The molecule has 0 bridgehead atoms. The Labute approximate surface area is 118 Å². The van der Waals surface area contributed by atoms with E-state index in [4.69, 9.17) is 0 Å². The summed E-state index contributed by atoms with van der Waals surface area (Å²) in [7, 11) is 0. The summed E-state index contributed by atoms with van der Waals surface area (Å²) in [6, 6.07) is 31.0. The fourth-order valence-corrected chi connectivity index (χ4v) is 2.74. The Bertz CT molecular complexity index is 889. The molecule has 0 saturated carbocycles. The van der Waals surface area contributed by atoms with Crippen LogP contribution in [0.15, 0.2) is 78.9 Å². The fraction of sp³-hybridized carbons (Fsp3) is 0. The summed E-state index contributed by atoms with van der Waals surface area (Å²) in [4.78, 5) is 0. The van der Waals surface area contributed by atoms with Crippen LogP contribution in [-0.4, -0.2) is 0 Å². The van der Waals surface area contributed by atoms with E-state index in [0.29, 0.717) is 0 Å². The van der Waals surface area contributed by atoms with Crippen LogP contribution in [0.25, 0.3) is 32.7 Å². The zero-order valence-corrected chi connectivity index (χ0v) is 11.0. The van der Waals surface area contributed by atoms with Crippen LogP contribution in [-0.2, 0) is 0 Å². The van der Waals surface area contributed by atoms with Crippen LogP contribution in [0.5, 0.6) is 0 Å². The Kier molecular flexibility index (Phi) is 2.53. The average molecular weight is 253 g/mol. The van der Waals surface area contributed by atoms with E-state index in [-0.39, 0.29) is 0 Å². The maximum atomic E-state index is 3.30. The van der Waals surface area contributed by atoms with E-state index in [1.165, 1.54) is 27.1 Å². The molecule has 0 N–H and O–H groups in total. The molecule has 0 nitrogen and oxygen atoms in total. The van der Waals surface area contributed by atoms with Gasteiger partial charge in [0.2, 0.25) is 0 Å². The van der Waals surface area contributed by atoms with Gasteiger partial charge in [-0.25, -0.2) is 0 Å². The highest BCUT2D eigenvalue weighted by Gasteiger charge is 2.03. The largest absolute Gasteiger partial charge is 0.0616 e. The molecule has 1 radical (unpaired) electrons. The second kappa shape index (κ2) is 4.50. The third-order valence-electron chi connectivity index (χ3n) is 3.77. The summed E-state index contributed by atoms with van der Waals surface area (Å²) >= 11 is 0. The van der Waals surface area contributed by atoms with Crippen LogP contribution in [0, 0.1) is 6.07 Å². The summed E-state index contributed by atoms with van der Waals surface area (Å²) in [5.74, 6) is 0. The number of benzene rings is 4. The molecule has 0 heteroatoms. The fourth-order valence-electron chi connectivity index (χ4n) is 2.74. The Hall–Kier alpha value is -2.60. The van der Waals surface area contributed by atoms with E-state index in [1.807, 2.05) is 12.1 Å². The Morgan fingerprint density at radius 1 is 0.600 bits per heavy atom. The summed E-state index contributed by atoms with van der Waals surface area (Å²) < 4.78 is 0. The van der Waals surface area contributed by atoms with Gasteiger partial charge in [0, 0.05) is 0 Å². The molecule has 20 heavy (non-hydrogen) atoms. The topological polar surface area (TPSA) is 0 Å². The lowest BCUT2D eigenvalue weighted by atomic mass is 9.97. The van der Waals surface area contributed by atoms with Gasteiger partial charge in [0.15, 0.2) is 0 Å². The molecule has 0 saturated heterocycles. The van der Waals surface area contributed by atoms with Crippen molar-refractivity contribution in [2.45, 2.75) is 0 Å². The number of fused-ring (bicyclic) bond motifs is 3. The van der Waals surface area contributed by atoms with E-state index >= 15 is 0 Å². The molecular weight excluding hydrogens is 240 g/mol. The predicted molar refractivity (Wildman–Crippen MR) is 85.7 cm³/mol. The highest BCUT2D eigenvalue weighted by atomic mass is 14.1. The van der Waals surface area contributed by atoms with E-state index in [0.717, 1.165) is 5.56 Å². The van der Waals surface area contributed by atoms with Crippen LogP contribution in [0.1, 0.15) is 0 Å². The maximum Gasteiger partial charge on any atom is -0.00992 e. The van der Waals surface area contributed by atoms with Gasteiger partial charge >= 0.3 is 0 Å². The zero-order valence-electron chi connectivity index (χ0n) is 11.0. The predicted octanol–water partition coefficient (Wildman–Crippen LogP) is 5.46. The molecule has 0 spiro atoms. The molecule has 0 aliphatic rings. The Morgan fingerprint density at radius 3 is 2.20 bits per heavy atom.